The number of amides is 1. The van der Waals surface area contributed by atoms with E-state index in [2.05, 4.69) is 28.7 Å². The molecule has 2 aromatic heterocycles. The van der Waals surface area contributed by atoms with Gasteiger partial charge in [-0.2, -0.15) is 5.10 Å². The zero-order chi connectivity index (χ0) is 30.8. The molecule has 8 nitrogen and oxygen atoms in total. The summed E-state index contributed by atoms with van der Waals surface area (Å²) in [5.41, 5.74) is 1.40. The Kier molecular flexibility index (Phi) is 9.44. The molecule has 1 amide bonds. The van der Waals surface area contributed by atoms with Crippen LogP contribution in [0.3, 0.4) is 0 Å². The van der Waals surface area contributed by atoms with E-state index in [0.29, 0.717) is 28.4 Å². The molecule has 12 heteroatoms. The summed E-state index contributed by atoms with van der Waals surface area (Å²) in [5.74, 6) is -0.888. The van der Waals surface area contributed by atoms with Crippen LogP contribution in [-0.2, 0) is 22.7 Å². The van der Waals surface area contributed by atoms with Gasteiger partial charge in [0.2, 0.25) is 0 Å². The van der Waals surface area contributed by atoms with E-state index >= 15 is 8.78 Å². The second-order valence-electron chi connectivity index (χ2n) is 11.9. The van der Waals surface area contributed by atoms with Crippen LogP contribution in [0.25, 0.3) is 33.7 Å². The predicted molar refractivity (Wildman–Crippen MR) is 165 cm³/mol. The summed E-state index contributed by atoms with van der Waals surface area (Å²) < 4.78 is 43.6. The van der Waals surface area contributed by atoms with Crippen LogP contribution in [0.15, 0.2) is 42.6 Å². The minimum absolute atomic E-state index is 0.0485. The van der Waals surface area contributed by atoms with Crippen LogP contribution in [0, 0.1) is 11.6 Å². The molecule has 0 aliphatic heterocycles. The summed E-state index contributed by atoms with van der Waals surface area (Å²) in [7, 11) is 0.781. The van der Waals surface area contributed by atoms with Gasteiger partial charge in [0.05, 0.1) is 18.4 Å². The molecular formula is C30H36ClF2N5O3S. The van der Waals surface area contributed by atoms with Crippen LogP contribution >= 0.6 is 21.6 Å². The Morgan fingerprint density at radius 1 is 1.10 bits per heavy atom. The highest BCUT2D eigenvalue weighted by atomic mass is 35.5. The zero-order valence-corrected chi connectivity index (χ0v) is 26.4. The lowest BCUT2D eigenvalue weighted by molar-refractivity contribution is 0.0284. The lowest BCUT2D eigenvalue weighted by Crippen LogP contribution is -2.33. The fourth-order valence-electron chi connectivity index (χ4n) is 4.05. The molecule has 0 spiro atoms. The summed E-state index contributed by atoms with van der Waals surface area (Å²) in [5, 5.41) is 5.27. The molecule has 0 saturated heterocycles. The highest BCUT2D eigenvalue weighted by Crippen LogP contribution is 2.34. The van der Waals surface area contributed by atoms with Crippen LogP contribution < -0.4 is 0 Å². The SMILES string of the molecule is CN(Cc1cc(F)c(-c2ncc3c(n2)c(-c2ccc(Cl)cc2)nn3COCCS(C)(C)C)c(F)c1)C(=O)OC(C)(C)C. The van der Waals surface area contributed by atoms with Gasteiger partial charge in [0, 0.05) is 29.9 Å². The highest BCUT2D eigenvalue weighted by molar-refractivity contribution is 8.32. The molecule has 0 unspecified atom stereocenters. The van der Waals surface area contributed by atoms with Gasteiger partial charge in [0.25, 0.3) is 0 Å². The van der Waals surface area contributed by atoms with Crippen LogP contribution in [0.5, 0.6) is 0 Å². The summed E-state index contributed by atoms with van der Waals surface area (Å²) in [6, 6.07) is 9.41. The third kappa shape index (κ3) is 7.96. The molecular weight excluding hydrogens is 584 g/mol. The van der Waals surface area contributed by atoms with Crippen LogP contribution in [0.4, 0.5) is 13.6 Å². The second-order valence-corrected chi connectivity index (χ2v) is 16.9. The van der Waals surface area contributed by atoms with Gasteiger partial charge in [-0.3, -0.25) is 0 Å². The molecule has 0 bridgehead atoms. The Hall–Kier alpha value is -3.28. The number of hydrogen-bond donors (Lipinski definition) is 0. The Morgan fingerprint density at radius 2 is 1.74 bits per heavy atom. The van der Waals surface area contributed by atoms with Crippen molar-refractivity contribution in [3.05, 3.63) is 64.8 Å². The van der Waals surface area contributed by atoms with E-state index in [9.17, 15) is 4.79 Å². The van der Waals surface area contributed by atoms with Crippen molar-refractivity contribution < 1.29 is 23.0 Å². The maximum Gasteiger partial charge on any atom is 0.410 e. The molecule has 0 atom stereocenters. The van der Waals surface area contributed by atoms with E-state index < -0.39 is 33.4 Å². The summed E-state index contributed by atoms with van der Waals surface area (Å²) in [6.07, 6.45) is 7.55. The quantitative estimate of drug-likeness (QED) is 0.185. The van der Waals surface area contributed by atoms with Crippen molar-refractivity contribution in [3.8, 4) is 22.6 Å². The van der Waals surface area contributed by atoms with Gasteiger partial charge in [0.15, 0.2) is 5.82 Å². The molecule has 0 saturated carbocycles. The first-order valence-corrected chi connectivity index (χ1v) is 16.7. The number of ether oxygens (including phenoxy) is 2. The molecule has 0 radical (unpaired) electrons. The number of carbonyl (C=O) groups is 1. The standard InChI is InChI=1S/C30H36ClF2N5O3S/c1-30(2,3)41-29(39)37(4)17-19-14-22(32)25(23(33)15-19)28-34-16-24-27(35-28)26(20-8-10-21(31)11-9-20)36-38(24)18-40-12-13-42(5,6)7/h8-11,14-16H,12-13,17-18H2,1-7H3. The van der Waals surface area contributed by atoms with Gasteiger partial charge in [-0.25, -0.2) is 38.3 Å². The number of aromatic nitrogens is 4. The molecule has 4 aromatic rings. The number of benzene rings is 2. The zero-order valence-electron chi connectivity index (χ0n) is 24.9. The van der Waals surface area contributed by atoms with Crippen molar-refractivity contribution in [1.29, 1.82) is 0 Å². The maximum atomic E-state index is 15.4. The predicted octanol–water partition coefficient (Wildman–Crippen LogP) is 7.13. The minimum Gasteiger partial charge on any atom is -0.444 e. The van der Waals surface area contributed by atoms with E-state index in [0.717, 1.165) is 11.3 Å². The second kappa shape index (κ2) is 12.5. The van der Waals surface area contributed by atoms with E-state index in [1.165, 1.54) is 30.3 Å². The first-order valence-electron chi connectivity index (χ1n) is 13.3. The fourth-order valence-corrected chi connectivity index (χ4v) is 4.79. The van der Waals surface area contributed by atoms with Crippen molar-refractivity contribution in [2.75, 3.05) is 38.2 Å². The number of carbonyl (C=O) groups excluding carboxylic acids is 1. The van der Waals surface area contributed by atoms with Crippen molar-refractivity contribution in [2.45, 2.75) is 39.6 Å². The summed E-state index contributed by atoms with van der Waals surface area (Å²) in [6.45, 7) is 5.92. The van der Waals surface area contributed by atoms with E-state index in [4.69, 9.17) is 26.2 Å². The number of hydrogen-bond acceptors (Lipinski definition) is 6. The molecule has 4 rings (SSSR count). The van der Waals surface area contributed by atoms with Gasteiger partial charge < -0.3 is 14.4 Å². The molecule has 0 aliphatic carbocycles. The average Bonchev–Trinajstić information content (AvgIpc) is 3.23. The minimum atomic E-state index is -0.851. The van der Waals surface area contributed by atoms with Crippen LogP contribution in [0.1, 0.15) is 26.3 Å². The first-order chi connectivity index (χ1) is 19.6. The third-order valence-corrected chi connectivity index (χ3v) is 7.76. The van der Waals surface area contributed by atoms with E-state index in [1.54, 1.807) is 49.7 Å². The fraction of sp³-hybridized carbons (Fsp3) is 0.400. The maximum absolute atomic E-state index is 15.4. The van der Waals surface area contributed by atoms with Crippen LogP contribution in [-0.4, -0.2) is 74.5 Å². The van der Waals surface area contributed by atoms with E-state index in [1.807, 2.05) is 0 Å². The molecule has 226 valence electrons. The number of rotatable bonds is 9. The van der Waals surface area contributed by atoms with Gasteiger partial charge in [-0.15, -0.1) is 0 Å². The van der Waals surface area contributed by atoms with E-state index in [-0.39, 0.29) is 30.2 Å². The molecule has 2 aromatic carbocycles. The van der Waals surface area contributed by atoms with Crippen molar-refractivity contribution >= 4 is 38.8 Å². The highest BCUT2D eigenvalue weighted by Gasteiger charge is 2.23. The smallest absolute Gasteiger partial charge is 0.410 e. The summed E-state index contributed by atoms with van der Waals surface area (Å²) in [4.78, 5) is 22.4. The topological polar surface area (TPSA) is 82.4 Å². The molecule has 0 N–H and O–H groups in total. The molecule has 2 heterocycles. The normalized spacial score (nSPS) is 12.5. The first kappa shape index (κ1) is 31.7. The van der Waals surface area contributed by atoms with Gasteiger partial charge in [0.1, 0.15) is 40.7 Å². The van der Waals surface area contributed by atoms with Crippen molar-refractivity contribution in [1.82, 2.24) is 24.6 Å². The van der Waals surface area contributed by atoms with Crippen LogP contribution in [0.2, 0.25) is 5.02 Å². The molecule has 42 heavy (non-hydrogen) atoms. The Balaban J connectivity index is 1.68. The number of fused-ring (bicyclic) bond motifs is 1. The largest absolute Gasteiger partial charge is 0.444 e. The Labute approximate surface area is 251 Å². The summed E-state index contributed by atoms with van der Waals surface area (Å²) >= 11 is 6.09. The third-order valence-electron chi connectivity index (χ3n) is 6.11. The van der Waals surface area contributed by atoms with Gasteiger partial charge >= 0.3 is 6.09 Å². The molecule has 0 aliphatic rings. The van der Waals surface area contributed by atoms with Crippen molar-refractivity contribution in [3.63, 3.8) is 0 Å². The van der Waals surface area contributed by atoms with Crippen molar-refractivity contribution in [2.24, 2.45) is 0 Å². The lowest BCUT2D eigenvalue weighted by atomic mass is 10.1. The Morgan fingerprint density at radius 3 is 2.33 bits per heavy atom. The Bertz CT molecular complexity index is 1560. The van der Waals surface area contributed by atoms with Gasteiger partial charge in [-0.05, 0) is 69.4 Å². The number of nitrogens with zero attached hydrogens (tertiary/aromatic N) is 5. The average molecular weight is 620 g/mol. The number of halogens is 3. The van der Waals surface area contributed by atoms with Gasteiger partial charge in [-0.1, -0.05) is 23.7 Å². The molecule has 0 fully saturated rings. The lowest BCUT2D eigenvalue weighted by Gasteiger charge is -2.24. The monoisotopic (exact) mass is 619 g/mol.